The molecule has 0 aliphatic heterocycles. The van der Waals surface area contributed by atoms with Crippen LogP contribution in [0.25, 0.3) is 0 Å². The van der Waals surface area contributed by atoms with E-state index in [-0.39, 0.29) is 5.75 Å². The van der Waals surface area contributed by atoms with Gasteiger partial charge in [0.05, 0.1) is 5.75 Å². The number of carbonyl (C=O) groups is 1. The van der Waals surface area contributed by atoms with E-state index in [9.17, 15) is 4.79 Å². The summed E-state index contributed by atoms with van der Waals surface area (Å²) in [5.74, 6) is 0.0283. The van der Waals surface area contributed by atoms with Gasteiger partial charge in [0, 0.05) is 13.5 Å². The van der Waals surface area contributed by atoms with Gasteiger partial charge in [-0.05, 0) is 12.0 Å². The Kier molecular flexibility index (Phi) is 4.57. The Morgan fingerprint density at radius 3 is 2.68 bits per heavy atom. The van der Waals surface area contributed by atoms with Crippen LogP contribution in [0.4, 0.5) is 0 Å². The fraction of sp³-hybridized carbons (Fsp3) is 0.308. The Hall–Kier alpha value is -1.82. The standard InChI is InChI=1S/C13H15N3O2S/c1-16-11(8-7-10-5-3-2-4-6-10)14-15-13(16)19-9-12(17)18/h2-6H,7-9H2,1H3,(H,17,18). The van der Waals surface area contributed by atoms with E-state index in [0.29, 0.717) is 5.16 Å². The molecular weight excluding hydrogens is 262 g/mol. The van der Waals surface area contributed by atoms with Crippen LogP contribution in [-0.2, 0) is 24.7 Å². The third-order valence-corrected chi connectivity index (χ3v) is 3.73. The number of carboxylic acids is 1. The molecule has 2 rings (SSSR count). The lowest BCUT2D eigenvalue weighted by atomic mass is 10.1. The minimum absolute atomic E-state index is 0.00462. The minimum Gasteiger partial charge on any atom is -0.481 e. The van der Waals surface area contributed by atoms with Gasteiger partial charge in [-0.25, -0.2) is 0 Å². The molecule has 0 spiro atoms. The summed E-state index contributed by atoms with van der Waals surface area (Å²) < 4.78 is 1.86. The first-order valence-corrected chi connectivity index (χ1v) is 6.92. The molecule has 0 unspecified atom stereocenters. The maximum absolute atomic E-state index is 10.5. The number of nitrogens with zero attached hydrogens (tertiary/aromatic N) is 3. The molecule has 0 aliphatic rings. The predicted octanol–water partition coefficient (Wildman–Crippen LogP) is 1.78. The fourth-order valence-electron chi connectivity index (χ4n) is 1.72. The summed E-state index contributed by atoms with van der Waals surface area (Å²) in [6.45, 7) is 0. The summed E-state index contributed by atoms with van der Waals surface area (Å²) in [6.07, 6.45) is 1.69. The minimum atomic E-state index is -0.848. The number of rotatable bonds is 6. The molecule has 6 heteroatoms. The van der Waals surface area contributed by atoms with Crippen molar-refractivity contribution in [2.45, 2.75) is 18.0 Å². The van der Waals surface area contributed by atoms with Gasteiger partial charge in [-0.1, -0.05) is 42.1 Å². The van der Waals surface area contributed by atoms with Crippen LogP contribution >= 0.6 is 11.8 Å². The van der Waals surface area contributed by atoms with E-state index in [4.69, 9.17) is 5.11 Å². The van der Waals surface area contributed by atoms with Crippen molar-refractivity contribution in [3.63, 3.8) is 0 Å². The fourth-order valence-corrected chi connectivity index (χ4v) is 2.37. The average molecular weight is 277 g/mol. The summed E-state index contributed by atoms with van der Waals surface area (Å²) in [5, 5.41) is 17.4. The van der Waals surface area contributed by atoms with Crippen molar-refractivity contribution in [3.8, 4) is 0 Å². The number of hydrogen-bond donors (Lipinski definition) is 1. The highest BCUT2D eigenvalue weighted by Crippen LogP contribution is 2.16. The Labute approximate surface area is 115 Å². The Morgan fingerprint density at radius 2 is 2.00 bits per heavy atom. The molecule has 19 heavy (non-hydrogen) atoms. The van der Waals surface area contributed by atoms with E-state index in [1.165, 1.54) is 17.3 Å². The maximum Gasteiger partial charge on any atom is 0.313 e. The number of carboxylic acid groups (broad SMARTS) is 1. The number of aromatic nitrogens is 3. The highest BCUT2D eigenvalue weighted by Gasteiger charge is 2.10. The number of benzene rings is 1. The summed E-state index contributed by atoms with van der Waals surface area (Å²) in [5.41, 5.74) is 1.25. The third-order valence-electron chi connectivity index (χ3n) is 2.73. The first kappa shape index (κ1) is 13.6. The van der Waals surface area contributed by atoms with Crippen molar-refractivity contribution in [2.24, 2.45) is 7.05 Å². The summed E-state index contributed by atoms with van der Waals surface area (Å²) in [4.78, 5) is 10.5. The molecular formula is C13H15N3O2S. The van der Waals surface area contributed by atoms with Gasteiger partial charge in [0.25, 0.3) is 0 Å². The molecule has 0 saturated heterocycles. The lowest BCUT2D eigenvalue weighted by Crippen LogP contribution is -2.03. The van der Waals surface area contributed by atoms with E-state index in [1.54, 1.807) is 0 Å². The van der Waals surface area contributed by atoms with Crippen LogP contribution in [0.1, 0.15) is 11.4 Å². The van der Waals surface area contributed by atoms with Gasteiger partial charge >= 0.3 is 5.97 Å². The number of aryl methyl sites for hydroxylation is 2. The SMILES string of the molecule is Cn1c(CCc2ccccc2)nnc1SCC(=O)O. The zero-order chi connectivity index (χ0) is 13.7. The molecule has 0 saturated carbocycles. The topological polar surface area (TPSA) is 68.0 Å². The normalized spacial score (nSPS) is 10.6. The molecule has 1 aromatic heterocycles. The van der Waals surface area contributed by atoms with Crippen LogP contribution < -0.4 is 0 Å². The second-order valence-electron chi connectivity index (χ2n) is 4.13. The smallest absolute Gasteiger partial charge is 0.313 e. The molecule has 100 valence electrons. The van der Waals surface area contributed by atoms with Gasteiger partial charge in [0.1, 0.15) is 5.82 Å². The molecule has 0 atom stereocenters. The van der Waals surface area contributed by atoms with Crippen molar-refractivity contribution < 1.29 is 9.90 Å². The second-order valence-corrected chi connectivity index (χ2v) is 5.07. The molecule has 0 aliphatic carbocycles. The lowest BCUT2D eigenvalue weighted by Gasteiger charge is -2.03. The van der Waals surface area contributed by atoms with Crippen molar-refractivity contribution in [1.29, 1.82) is 0 Å². The maximum atomic E-state index is 10.5. The van der Waals surface area contributed by atoms with E-state index in [0.717, 1.165) is 18.7 Å². The zero-order valence-corrected chi connectivity index (χ0v) is 11.4. The van der Waals surface area contributed by atoms with Gasteiger partial charge < -0.3 is 9.67 Å². The first-order valence-electron chi connectivity index (χ1n) is 5.93. The second kappa shape index (κ2) is 6.38. The van der Waals surface area contributed by atoms with E-state index >= 15 is 0 Å². The van der Waals surface area contributed by atoms with Gasteiger partial charge in [-0.2, -0.15) is 0 Å². The van der Waals surface area contributed by atoms with Crippen LogP contribution in [0.3, 0.4) is 0 Å². The van der Waals surface area contributed by atoms with E-state index in [2.05, 4.69) is 22.3 Å². The molecule has 1 aromatic carbocycles. The van der Waals surface area contributed by atoms with Crippen molar-refractivity contribution in [1.82, 2.24) is 14.8 Å². The Bertz CT molecular complexity index is 554. The summed E-state index contributed by atoms with van der Waals surface area (Å²) in [7, 11) is 1.87. The van der Waals surface area contributed by atoms with Gasteiger partial charge in [-0.3, -0.25) is 4.79 Å². The molecule has 0 bridgehead atoms. The monoisotopic (exact) mass is 277 g/mol. The van der Waals surface area contributed by atoms with Crippen LogP contribution in [0, 0.1) is 0 Å². The molecule has 0 fully saturated rings. The van der Waals surface area contributed by atoms with E-state index < -0.39 is 5.97 Å². The van der Waals surface area contributed by atoms with Crippen LogP contribution in [0.15, 0.2) is 35.5 Å². The van der Waals surface area contributed by atoms with Crippen molar-refractivity contribution in [3.05, 3.63) is 41.7 Å². The van der Waals surface area contributed by atoms with Crippen LogP contribution in [-0.4, -0.2) is 31.6 Å². The first-order chi connectivity index (χ1) is 9.16. The average Bonchev–Trinajstić information content (AvgIpc) is 2.76. The molecule has 1 N–H and O–H groups in total. The van der Waals surface area contributed by atoms with Gasteiger partial charge in [-0.15, -0.1) is 10.2 Å². The Balaban J connectivity index is 1.96. The zero-order valence-electron chi connectivity index (χ0n) is 10.6. The quantitative estimate of drug-likeness (QED) is 0.815. The number of aliphatic carboxylic acids is 1. The predicted molar refractivity (Wildman–Crippen MR) is 73.2 cm³/mol. The molecule has 5 nitrogen and oxygen atoms in total. The highest BCUT2D eigenvalue weighted by atomic mass is 32.2. The molecule has 0 radical (unpaired) electrons. The number of hydrogen-bond acceptors (Lipinski definition) is 4. The van der Waals surface area contributed by atoms with E-state index in [1.807, 2.05) is 29.8 Å². The largest absolute Gasteiger partial charge is 0.481 e. The van der Waals surface area contributed by atoms with Gasteiger partial charge in [0.15, 0.2) is 5.16 Å². The molecule has 2 aromatic rings. The van der Waals surface area contributed by atoms with Crippen LogP contribution in [0.5, 0.6) is 0 Å². The molecule has 0 amide bonds. The summed E-state index contributed by atoms with van der Waals surface area (Å²) in [6, 6.07) is 10.2. The van der Waals surface area contributed by atoms with Crippen molar-refractivity contribution >= 4 is 17.7 Å². The van der Waals surface area contributed by atoms with Crippen molar-refractivity contribution in [2.75, 3.05) is 5.75 Å². The third kappa shape index (κ3) is 3.82. The highest BCUT2D eigenvalue weighted by molar-refractivity contribution is 7.99. The number of thioether (sulfide) groups is 1. The van der Waals surface area contributed by atoms with Crippen LogP contribution in [0.2, 0.25) is 0 Å². The Morgan fingerprint density at radius 1 is 1.26 bits per heavy atom. The van der Waals surface area contributed by atoms with Gasteiger partial charge in [0.2, 0.25) is 0 Å². The lowest BCUT2D eigenvalue weighted by molar-refractivity contribution is -0.133. The summed E-state index contributed by atoms with van der Waals surface area (Å²) >= 11 is 1.19. The molecule has 1 heterocycles.